The van der Waals surface area contributed by atoms with Gasteiger partial charge in [0.15, 0.2) is 0 Å². The lowest BCUT2D eigenvalue weighted by Gasteiger charge is -2.17. The van der Waals surface area contributed by atoms with E-state index in [0.717, 1.165) is 0 Å². The number of hydrogen-bond acceptors (Lipinski definition) is 5. The summed E-state index contributed by atoms with van der Waals surface area (Å²) in [6.45, 7) is 0.552. The summed E-state index contributed by atoms with van der Waals surface area (Å²) in [7, 11) is 1.74. The SMILES string of the molecule is CNCCC(O)C(O)c1cccc(C(=O)O)n1. The number of hydrogen-bond donors (Lipinski definition) is 4. The van der Waals surface area contributed by atoms with E-state index < -0.39 is 18.2 Å². The highest BCUT2D eigenvalue weighted by molar-refractivity contribution is 5.85. The van der Waals surface area contributed by atoms with Gasteiger partial charge in [-0.3, -0.25) is 0 Å². The summed E-state index contributed by atoms with van der Waals surface area (Å²) in [5, 5.41) is 31.0. The molecule has 94 valence electrons. The van der Waals surface area contributed by atoms with Crippen LogP contribution in [0.15, 0.2) is 18.2 Å². The molecular formula is C11H16N2O4. The predicted molar refractivity (Wildman–Crippen MR) is 60.7 cm³/mol. The summed E-state index contributed by atoms with van der Waals surface area (Å²) < 4.78 is 0. The van der Waals surface area contributed by atoms with Crippen molar-refractivity contribution >= 4 is 5.97 Å². The molecule has 0 aromatic carbocycles. The van der Waals surface area contributed by atoms with Crippen molar-refractivity contribution in [3.05, 3.63) is 29.6 Å². The summed E-state index contributed by atoms with van der Waals surface area (Å²) >= 11 is 0. The predicted octanol–water partition coefficient (Wildman–Crippen LogP) is -0.216. The van der Waals surface area contributed by atoms with Crippen LogP contribution in [0, 0.1) is 0 Å². The normalized spacial score (nSPS) is 14.3. The van der Waals surface area contributed by atoms with E-state index >= 15 is 0 Å². The van der Waals surface area contributed by atoms with Crippen molar-refractivity contribution in [3.63, 3.8) is 0 Å². The molecule has 0 amide bonds. The second-order valence-corrected chi connectivity index (χ2v) is 3.66. The number of carboxylic acids is 1. The summed E-state index contributed by atoms with van der Waals surface area (Å²) in [6, 6.07) is 4.30. The van der Waals surface area contributed by atoms with E-state index in [-0.39, 0.29) is 11.4 Å². The smallest absolute Gasteiger partial charge is 0.354 e. The van der Waals surface area contributed by atoms with Crippen LogP contribution in [0.1, 0.15) is 28.7 Å². The maximum Gasteiger partial charge on any atom is 0.354 e. The van der Waals surface area contributed by atoms with Gasteiger partial charge in [-0.25, -0.2) is 9.78 Å². The Labute approximate surface area is 98.9 Å². The van der Waals surface area contributed by atoms with E-state index in [1.54, 1.807) is 7.05 Å². The molecule has 2 unspecified atom stereocenters. The van der Waals surface area contributed by atoms with E-state index in [1.807, 2.05) is 0 Å². The molecule has 0 saturated carbocycles. The number of carbonyl (C=O) groups is 1. The maximum absolute atomic E-state index is 10.7. The molecule has 1 rings (SSSR count). The Kier molecular flexibility index (Phi) is 5.02. The Morgan fingerprint density at radius 3 is 2.76 bits per heavy atom. The number of aliphatic hydroxyl groups is 2. The van der Waals surface area contributed by atoms with Crippen LogP contribution in [0.4, 0.5) is 0 Å². The molecule has 2 atom stereocenters. The molecule has 1 aromatic rings. The Hall–Kier alpha value is -1.50. The molecule has 0 radical (unpaired) electrons. The van der Waals surface area contributed by atoms with Crippen molar-refractivity contribution in [3.8, 4) is 0 Å². The highest BCUT2D eigenvalue weighted by Gasteiger charge is 2.20. The highest BCUT2D eigenvalue weighted by atomic mass is 16.4. The van der Waals surface area contributed by atoms with Crippen LogP contribution in [0.5, 0.6) is 0 Å². The van der Waals surface area contributed by atoms with E-state index in [2.05, 4.69) is 10.3 Å². The zero-order valence-electron chi connectivity index (χ0n) is 9.50. The number of carboxylic acid groups (broad SMARTS) is 1. The zero-order chi connectivity index (χ0) is 12.8. The molecule has 17 heavy (non-hydrogen) atoms. The maximum atomic E-state index is 10.7. The monoisotopic (exact) mass is 240 g/mol. The minimum absolute atomic E-state index is 0.151. The van der Waals surface area contributed by atoms with Gasteiger partial charge >= 0.3 is 5.97 Å². The Morgan fingerprint density at radius 2 is 2.18 bits per heavy atom. The minimum Gasteiger partial charge on any atom is -0.477 e. The fourth-order valence-electron chi connectivity index (χ4n) is 1.38. The third-order valence-corrected chi connectivity index (χ3v) is 2.35. The largest absolute Gasteiger partial charge is 0.477 e. The first-order valence-corrected chi connectivity index (χ1v) is 5.27. The molecule has 0 aliphatic heterocycles. The molecule has 0 spiro atoms. The standard InChI is InChI=1S/C11H16N2O4/c1-12-6-5-9(14)10(15)7-3-2-4-8(13-7)11(16)17/h2-4,9-10,12,14-15H,5-6H2,1H3,(H,16,17). The van der Waals surface area contributed by atoms with Crippen LogP contribution < -0.4 is 5.32 Å². The van der Waals surface area contributed by atoms with Gasteiger partial charge in [0.25, 0.3) is 0 Å². The van der Waals surface area contributed by atoms with Crippen LogP contribution in [-0.2, 0) is 0 Å². The van der Waals surface area contributed by atoms with Crippen molar-refractivity contribution in [1.82, 2.24) is 10.3 Å². The molecule has 0 aliphatic rings. The number of pyridine rings is 1. The molecule has 4 N–H and O–H groups in total. The topological polar surface area (TPSA) is 103 Å². The van der Waals surface area contributed by atoms with Crippen molar-refractivity contribution in [2.45, 2.75) is 18.6 Å². The molecule has 0 bridgehead atoms. The number of aromatic carboxylic acids is 1. The van der Waals surface area contributed by atoms with Gasteiger partial charge in [0.1, 0.15) is 11.8 Å². The second kappa shape index (κ2) is 6.29. The van der Waals surface area contributed by atoms with E-state index in [4.69, 9.17) is 5.11 Å². The number of aromatic nitrogens is 1. The Balaban J connectivity index is 2.77. The molecule has 6 heteroatoms. The van der Waals surface area contributed by atoms with Gasteiger partial charge in [0.2, 0.25) is 0 Å². The van der Waals surface area contributed by atoms with Crippen LogP contribution in [0.3, 0.4) is 0 Å². The molecule has 0 aliphatic carbocycles. The van der Waals surface area contributed by atoms with E-state index in [0.29, 0.717) is 13.0 Å². The average molecular weight is 240 g/mol. The second-order valence-electron chi connectivity index (χ2n) is 3.66. The van der Waals surface area contributed by atoms with Crippen molar-refractivity contribution in [2.75, 3.05) is 13.6 Å². The third-order valence-electron chi connectivity index (χ3n) is 2.35. The lowest BCUT2D eigenvalue weighted by Crippen LogP contribution is -2.24. The van der Waals surface area contributed by atoms with Gasteiger partial charge in [-0.15, -0.1) is 0 Å². The van der Waals surface area contributed by atoms with Gasteiger partial charge in [0.05, 0.1) is 11.8 Å². The molecule has 1 aromatic heterocycles. The third kappa shape index (κ3) is 3.77. The number of aliphatic hydroxyl groups excluding tert-OH is 2. The van der Waals surface area contributed by atoms with Crippen molar-refractivity contribution < 1.29 is 20.1 Å². The average Bonchev–Trinajstić information content (AvgIpc) is 2.35. The zero-order valence-corrected chi connectivity index (χ0v) is 9.50. The lowest BCUT2D eigenvalue weighted by atomic mass is 10.1. The number of nitrogens with one attached hydrogen (secondary N) is 1. The van der Waals surface area contributed by atoms with Gasteiger partial charge in [-0.1, -0.05) is 6.07 Å². The van der Waals surface area contributed by atoms with E-state index in [9.17, 15) is 15.0 Å². The summed E-state index contributed by atoms with van der Waals surface area (Å²) in [5.74, 6) is -1.16. The van der Waals surface area contributed by atoms with Gasteiger partial charge < -0.3 is 20.6 Å². The summed E-state index contributed by atoms with van der Waals surface area (Å²) in [4.78, 5) is 14.5. The molecule has 1 heterocycles. The first-order chi connectivity index (χ1) is 8.06. The fourth-order valence-corrected chi connectivity index (χ4v) is 1.38. The quantitative estimate of drug-likeness (QED) is 0.548. The fraction of sp³-hybridized carbons (Fsp3) is 0.455. The van der Waals surface area contributed by atoms with Crippen LogP contribution >= 0.6 is 0 Å². The van der Waals surface area contributed by atoms with Gasteiger partial charge in [-0.05, 0) is 32.1 Å². The first-order valence-electron chi connectivity index (χ1n) is 5.27. The van der Waals surface area contributed by atoms with Crippen molar-refractivity contribution in [1.29, 1.82) is 0 Å². The summed E-state index contributed by atoms with van der Waals surface area (Å²) in [5.41, 5.74) is 0.0101. The van der Waals surface area contributed by atoms with Crippen molar-refractivity contribution in [2.24, 2.45) is 0 Å². The minimum atomic E-state index is -1.18. The van der Waals surface area contributed by atoms with Crippen LogP contribution in [0.2, 0.25) is 0 Å². The summed E-state index contributed by atoms with van der Waals surface area (Å²) in [6.07, 6.45) is -1.79. The number of nitrogens with zero attached hydrogens (tertiary/aromatic N) is 1. The van der Waals surface area contributed by atoms with Crippen LogP contribution in [0.25, 0.3) is 0 Å². The number of rotatable bonds is 6. The van der Waals surface area contributed by atoms with Crippen LogP contribution in [-0.4, -0.2) is 46.0 Å². The van der Waals surface area contributed by atoms with Gasteiger partial charge in [0, 0.05) is 0 Å². The molecule has 0 saturated heterocycles. The molecular weight excluding hydrogens is 224 g/mol. The highest BCUT2D eigenvalue weighted by Crippen LogP contribution is 2.17. The Morgan fingerprint density at radius 1 is 1.47 bits per heavy atom. The molecule has 0 fully saturated rings. The molecule has 6 nitrogen and oxygen atoms in total. The lowest BCUT2D eigenvalue weighted by molar-refractivity contribution is 0.0113. The van der Waals surface area contributed by atoms with Gasteiger partial charge in [-0.2, -0.15) is 0 Å². The van der Waals surface area contributed by atoms with E-state index in [1.165, 1.54) is 18.2 Å². The first kappa shape index (κ1) is 13.6. The Bertz CT molecular complexity index is 383.